The van der Waals surface area contributed by atoms with Crippen molar-refractivity contribution in [3.8, 4) is 0 Å². The number of nitrogens with zero attached hydrogens (tertiary/aromatic N) is 1. The third-order valence-electron chi connectivity index (χ3n) is 2.53. The van der Waals surface area contributed by atoms with Gasteiger partial charge < -0.3 is 9.64 Å². The Bertz CT molecular complexity index is 417. The van der Waals surface area contributed by atoms with E-state index in [0.717, 1.165) is 5.56 Å². The third-order valence-corrected chi connectivity index (χ3v) is 3.27. The van der Waals surface area contributed by atoms with E-state index in [1.807, 2.05) is 30.5 Å². The molecule has 0 saturated heterocycles. The largest absolute Gasteiger partial charge is 0.469 e. The number of esters is 1. The van der Waals surface area contributed by atoms with Gasteiger partial charge in [0.05, 0.1) is 7.11 Å². The first-order valence-electron chi connectivity index (χ1n) is 5.50. The second-order valence-electron chi connectivity index (χ2n) is 3.85. The van der Waals surface area contributed by atoms with Gasteiger partial charge in [-0.15, -0.1) is 11.8 Å². The van der Waals surface area contributed by atoms with Crippen molar-refractivity contribution in [2.75, 3.05) is 20.4 Å². The van der Waals surface area contributed by atoms with Crippen molar-refractivity contribution in [3.05, 3.63) is 29.8 Å². The first-order valence-corrected chi connectivity index (χ1v) is 6.73. The molecule has 1 aromatic rings. The number of hydrogen-bond donors (Lipinski definition) is 0. The fraction of sp³-hybridized carbons (Fsp3) is 0.385. The second kappa shape index (κ2) is 7.06. The van der Waals surface area contributed by atoms with Gasteiger partial charge in [-0.3, -0.25) is 9.59 Å². The molecule has 0 radical (unpaired) electrons. The Hall–Kier alpha value is -1.49. The van der Waals surface area contributed by atoms with Crippen molar-refractivity contribution in [1.82, 2.24) is 4.90 Å². The van der Waals surface area contributed by atoms with Crippen LogP contribution in [0.2, 0.25) is 0 Å². The van der Waals surface area contributed by atoms with Crippen molar-refractivity contribution in [1.29, 1.82) is 0 Å². The number of ether oxygens (including phenoxy) is 1. The van der Waals surface area contributed by atoms with E-state index in [4.69, 9.17) is 0 Å². The van der Waals surface area contributed by atoms with E-state index in [-0.39, 0.29) is 12.3 Å². The summed E-state index contributed by atoms with van der Waals surface area (Å²) in [6, 6.07) is 7.98. The first-order chi connectivity index (χ1) is 8.56. The molecule has 0 aliphatic rings. The Morgan fingerprint density at radius 2 is 1.89 bits per heavy atom. The Kier molecular flexibility index (Phi) is 5.71. The Balaban J connectivity index is 2.55. The lowest BCUT2D eigenvalue weighted by Gasteiger charge is -2.16. The summed E-state index contributed by atoms with van der Waals surface area (Å²) in [5.41, 5.74) is 1.04. The molecular weight excluding hydrogens is 250 g/mol. The monoisotopic (exact) mass is 267 g/mol. The van der Waals surface area contributed by atoms with Gasteiger partial charge in [-0.1, -0.05) is 12.1 Å². The van der Waals surface area contributed by atoms with Gasteiger partial charge in [0.1, 0.15) is 6.42 Å². The molecular formula is C13H17NO3S. The zero-order valence-electron chi connectivity index (χ0n) is 10.8. The molecule has 5 heteroatoms. The lowest BCUT2D eigenvalue weighted by molar-refractivity contribution is -0.146. The summed E-state index contributed by atoms with van der Waals surface area (Å²) < 4.78 is 4.46. The summed E-state index contributed by atoms with van der Waals surface area (Å²) in [6.45, 7) is 0.491. The number of hydrogen-bond acceptors (Lipinski definition) is 4. The SMILES string of the molecule is COC(=O)CC(=O)N(C)Cc1ccc(SC)cc1. The number of benzene rings is 1. The highest BCUT2D eigenvalue weighted by atomic mass is 32.2. The Morgan fingerprint density at radius 1 is 1.28 bits per heavy atom. The predicted molar refractivity (Wildman–Crippen MR) is 71.3 cm³/mol. The Morgan fingerprint density at radius 3 is 2.39 bits per heavy atom. The molecule has 0 heterocycles. The van der Waals surface area contributed by atoms with Crippen LogP contribution in [0.1, 0.15) is 12.0 Å². The van der Waals surface area contributed by atoms with Crippen LogP contribution in [0.5, 0.6) is 0 Å². The summed E-state index contributed by atoms with van der Waals surface area (Å²) in [6.07, 6.45) is 1.80. The molecule has 1 amide bonds. The molecule has 0 unspecified atom stereocenters. The molecule has 0 N–H and O–H groups in total. The molecule has 0 bridgehead atoms. The maximum atomic E-state index is 11.7. The van der Waals surface area contributed by atoms with Crippen LogP contribution in [-0.4, -0.2) is 37.2 Å². The lowest BCUT2D eigenvalue weighted by Crippen LogP contribution is -2.28. The van der Waals surface area contributed by atoms with Crippen molar-refractivity contribution in [2.45, 2.75) is 17.9 Å². The first kappa shape index (κ1) is 14.6. The number of carbonyl (C=O) groups excluding carboxylic acids is 2. The topological polar surface area (TPSA) is 46.6 Å². The minimum atomic E-state index is -0.510. The fourth-order valence-electron chi connectivity index (χ4n) is 1.42. The highest BCUT2D eigenvalue weighted by molar-refractivity contribution is 7.98. The molecule has 18 heavy (non-hydrogen) atoms. The minimum absolute atomic E-state index is 0.212. The van der Waals surface area contributed by atoms with Crippen LogP contribution in [0.3, 0.4) is 0 Å². The molecule has 0 aliphatic heterocycles. The summed E-state index contributed by atoms with van der Waals surface area (Å²) >= 11 is 1.67. The molecule has 1 aromatic carbocycles. The van der Waals surface area contributed by atoms with E-state index in [2.05, 4.69) is 4.74 Å². The van der Waals surface area contributed by atoms with Crippen molar-refractivity contribution in [2.24, 2.45) is 0 Å². The van der Waals surface area contributed by atoms with Crippen molar-refractivity contribution < 1.29 is 14.3 Å². The van der Waals surface area contributed by atoms with Crippen LogP contribution in [0, 0.1) is 0 Å². The van der Waals surface area contributed by atoms with Gasteiger partial charge in [0, 0.05) is 18.5 Å². The lowest BCUT2D eigenvalue weighted by atomic mass is 10.2. The van der Waals surface area contributed by atoms with Crippen molar-refractivity contribution in [3.63, 3.8) is 0 Å². The zero-order chi connectivity index (χ0) is 13.5. The molecule has 4 nitrogen and oxygen atoms in total. The summed E-state index contributed by atoms with van der Waals surface area (Å²) in [5, 5.41) is 0. The third kappa shape index (κ3) is 4.41. The van der Waals surface area contributed by atoms with Gasteiger partial charge in [0.15, 0.2) is 0 Å². The van der Waals surface area contributed by atoms with Gasteiger partial charge in [-0.25, -0.2) is 0 Å². The second-order valence-corrected chi connectivity index (χ2v) is 4.73. The number of carbonyl (C=O) groups is 2. The minimum Gasteiger partial charge on any atom is -0.469 e. The molecule has 0 aliphatic carbocycles. The smallest absolute Gasteiger partial charge is 0.315 e. The molecule has 98 valence electrons. The van der Waals surface area contributed by atoms with Gasteiger partial charge >= 0.3 is 5.97 Å². The zero-order valence-corrected chi connectivity index (χ0v) is 11.6. The quantitative estimate of drug-likeness (QED) is 0.464. The standard InChI is InChI=1S/C13H17NO3S/c1-14(12(15)8-13(16)17-2)9-10-4-6-11(18-3)7-5-10/h4-7H,8-9H2,1-3H3. The van der Waals surface area contributed by atoms with Gasteiger partial charge in [-0.05, 0) is 24.0 Å². The summed E-state index contributed by atoms with van der Waals surface area (Å²) in [7, 11) is 2.95. The van der Waals surface area contributed by atoms with E-state index in [9.17, 15) is 9.59 Å². The molecule has 0 fully saturated rings. The average molecular weight is 267 g/mol. The van der Waals surface area contributed by atoms with E-state index in [1.54, 1.807) is 18.8 Å². The van der Waals surface area contributed by atoms with Crippen LogP contribution < -0.4 is 0 Å². The van der Waals surface area contributed by atoms with Gasteiger partial charge in [-0.2, -0.15) is 0 Å². The highest BCUT2D eigenvalue weighted by Gasteiger charge is 2.14. The van der Waals surface area contributed by atoms with E-state index >= 15 is 0 Å². The molecule has 0 atom stereocenters. The van der Waals surface area contributed by atoms with Gasteiger partial charge in [0.2, 0.25) is 5.91 Å². The predicted octanol–water partition coefficient (Wildman–Crippen LogP) is 1.93. The van der Waals surface area contributed by atoms with Gasteiger partial charge in [0.25, 0.3) is 0 Å². The maximum Gasteiger partial charge on any atom is 0.315 e. The fourth-order valence-corrected chi connectivity index (χ4v) is 1.83. The van der Waals surface area contributed by atoms with Crippen LogP contribution >= 0.6 is 11.8 Å². The number of methoxy groups -OCH3 is 1. The molecule has 0 aromatic heterocycles. The molecule has 1 rings (SSSR count). The normalized spacial score (nSPS) is 9.94. The Labute approximate surface area is 111 Å². The van der Waals surface area contributed by atoms with Crippen molar-refractivity contribution >= 4 is 23.6 Å². The van der Waals surface area contributed by atoms with E-state index < -0.39 is 5.97 Å². The number of thioether (sulfide) groups is 1. The van der Waals surface area contributed by atoms with Crippen LogP contribution in [-0.2, 0) is 20.9 Å². The van der Waals surface area contributed by atoms with Crippen LogP contribution in [0.25, 0.3) is 0 Å². The summed E-state index contributed by atoms with van der Waals surface area (Å²) in [4.78, 5) is 25.4. The number of amides is 1. The highest BCUT2D eigenvalue weighted by Crippen LogP contribution is 2.15. The summed E-state index contributed by atoms with van der Waals surface area (Å²) in [5.74, 6) is -0.750. The number of rotatable bonds is 5. The average Bonchev–Trinajstić information content (AvgIpc) is 2.39. The van der Waals surface area contributed by atoms with E-state index in [0.29, 0.717) is 6.54 Å². The molecule has 0 spiro atoms. The van der Waals surface area contributed by atoms with Crippen LogP contribution in [0.4, 0.5) is 0 Å². The molecule has 0 saturated carbocycles. The van der Waals surface area contributed by atoms with E-state index in [1.165, 1.54) is 16.9 Å². The van der Waals surface area contributed by atoms with Crippen LogP contribution in [0.15, 0.2) is 29.2 Å². The maximum absolute atomic E-state index is 11.7.